The van der Waals surface area contributed by atoms with Crippen LogP contribution in [0, 0.1) is 12.7 Å². The van der Waals surface area contributed by atoms with E-state index in [0.717, 1.165) is 39.1 Å². The van der Waals surface area contributed by atoms with Gasteiger partial charge in [0.2, 0.25) is 0 Å². The van der Waals surface area contributed by atoms with E-state index in [1.165, 1.54) is 12.1 Å². The fraction of sp³-hybridized carbons (Fsp3) is 0.333. The van der Waals surface area contributed by atoms with Crippen LogP contribution in [0.15, 0.2) is 36.4 Å². The van der Waals surface area contributed by atoms with E-state index in [9.17, 15) is 4.39 Å². The fourth-order valence-corrected chi connectivity index (χ4v) is 3.75. The first-order chi connectivity index (χ1) is 13.8. The van der Waals surface area contributed by atoms with E-state index in [-0.39, 0.29) is 11.7 Å². The van der Waals surface area contributed by atoms with E-state index in [1.807, 2.05) is 6.92 Å². The summed E-state index contributed by atoms with van der Waals surface area (Å²) in [4.78, 5) is 18.7. The minimum atomic E-state index is -0.282. The molecule has 2 aromatic carbocycles. The molecule has 148 valence electrons. The SMILES string of the molecule is Cc1nc(C(C)C)c2ccc(Cc3nc(C(C)C)c4ccc(F)cc4n3)cc2n1. The Morgan fingerprint density at radius 1 is 0.759 bits per heavy atom. The highest BCUT2D eigenvalue weighted by Crippen LogP contribution is 2.26. The third kappa shape index (κ3) is 3.82. The molecule has 4 nitrogen and oxygen atoms in total. The Kier molecular flexibility index (Phi) is 4.99. The molecule has 4 aromatic rings. The van der Waals surface area contributed by atoms with Crippen LogP contribution in [-0.4, -0.2) is 19.9 Å². The van der Waals surface area contributed by atoms with Crippen LogP contribution in [-0.2, 0) is 6.42 Å². The molecule has 0 radical (unpaired) electrons. The summed E-state index contributed by atoms with van der Waals surface area (Å²) < 4.78 is 13.8. The lowest BCUT2D eigenvalue weighted by Gasteiger charge is -2.13. The predicted molar refractivity (Wildman–Crippen MR) is 115 cm³/mol. The summed E-state index contributed by atoms with van der Waals surface area (Å²) in [6, 6.07) is 11.0. The first kappa shape index (κ1) is 19.4. The molecule has 5 heteroatoms. The Labute approximate surface area is 170 Å². The molecule has 0 unspecified atom stereocenters. The van der Waals surface area contributed by atoms with Crippen molar-refractivity contribution in [1.29, 1.82) is 0 Å². The largest absolute Gasteiger partial charge is 0.237 e. The molecule has 0 fully saturated rings. The van der Waals surface area contributed by atoms with Gasteiger partial charge in [-0.15, -0.1) is 0 Å². The number of hydrogen-bond acceptors (Lipinski definition) is 4. The van der Waals surface area contributed by atoms with Gasteiger partial charge in [-0.05, 0) is 42.5 Å². The third-order valence-electron chi connectivity index (χ3n) is 5.09. The summed E-state index contributed by atoms with van der Waals surface area (Å²) in [5, 5.41) is 1.99. The summed E-state index contributed by atoms with van der Waals surface area (Å²) in [5.74, 6) is 1.75. The molecule has 0 atom stereocenters. The zero-order valence-corrected chi connectivity index (χ0v) is 17.5. The highest BCUT2D eigenvalue weighted by Gasteiger charge is 2.14. The van der Waals surface area contributed by atoms with E-state index >= 15 is 0 Å². The van der Waals surface area contributed by atoms with Gasteiger partial charge in [-0.3, -0.25) is 0 Å². The van der Waals surface area contributed by atoms with Crippen molar-refractivity contribution in [3.8, 4) is 0 Å². The maximum Gasteiger partial charge on any atom is 0.133 e. The number of nitrogens with zero attached hydrogens (tertiary/aromatic N) is 4. The first-order valence-corrected chi connectivity index (χ1v) is 10.0. The maximum atomic E-state index is 13.8. The molecule has 0 aliphatic heterocycles. The third-order valence-corrected chi connectivity index (χ3v) is 5.09. The van der Waals surface area contributed by atoms with Crippen LogP contribution in [0.4, 0.5) is 4.39 Å². The smallest absolute Gasteiger partial charge is 0.133 e. The Bertz CT molecular complexity index is 1210. The van der Waals surface area contributed by atoms with Gasteiger partial charge < -0.3 is 0 Å². The second-order valence-corrected chi connectivity index (χ2v) is 8.18. The van der Waals surface area contributed by atoms with Gasteiger partial charge in [0.25, 0.3) is 0 Å². The number of hydrogen-bond donors (Lipinski definition) is 0. The average Bonchev–Trinajstić information content (AvgIpc) is 2.65. The number of aryl methyl sites for hydroxylation is 1. The molecule has 0 aliphatic carbocycles. The van der Waals surface area contributed by atoms with Crippen molar-refractivity contribution in [2.24, 2.45) is 0 Å². The molecule has 0 saturated carbocycles. The second kappa shape index (κ2) is 7.47. The van der Waals surface area contributed by atoms with E-state index in [1.54, 1.807) is 6.07 Å². The molecular formula is C24H25FN4. The minimum absolute atomic E-state index is 0.227. The number of aromatic nitrogens is 4. The molecule has 2 aromatic heterocycles. The predicted octanol–water partition coefficient (Wildman–Crippen LogP) is 5.86. The molecule has 2 heterocycles. The molecule has 0 aliphatic rings. The van der Waals surface area contributed by atoms with Crippen LogP contribution < -0.4 is 0 Å². The Morgan fingerprint density at radius 3 is 2.07 bits per heavy atom. The van der Waals surface area contributed by atoms with Gasteiger partial charge in [0.05, 0.1) is 22.4 Å². The Morgan fingerprint density at radius 2 is 1.38 bits per heavy atom. The fourth-order valence-electron chi connectivity index (χ4n) is 3.75. The van der Waals surface area contributed by atoms with Gasteiger partial charge in [0, 0.05) is 23.3 Å². The first-order valence-electron chi connectivity index (χ1n) is 10.0. The van der Waals surface area contributed by atoms with Gasteiger partial charge in [-0.1, -0.05) is 39.8 Å². The molecule has 4 rings (SSSR count). The van der Waals surface area contributed by atoms with Crippen LogP contribution in [0.3, 0.4) is 0 Å². The van der Waals surface area contributed by atoms with E-state index in [0.29, 0.717) is 23.7 Å². The normalized spacial score (nSPS) is 11.9. The van der Waals surface area contributed by atoms with Crippen LogP contribution in [0.25, 0.3) is 21.8 Å². The van der Waals surface area contributed by atoms with Crippen LogP contribution >= 0.6 is 0 Å². The van der Waals surface area contributed by atoms with Gasteiger partial charge in [-0.2, -0.15) is 0 Å². The summed E-state index contributed by atoms with van der Waals surface area (Å²) in [6.07, 6.45) is 0.572. The van der Waals surface area contributed by atoms with Crippen LogP contribution in [0.1, 0.15) is 68.1 Å². The van der Waals surface area contributed by atoms with Crippen molar-refractivity contribution < 1.29 is 4.39 Å². The van der Waals surface area contributed by atoms with Gasteiger partial charge in [0.1, 0.15) is 17.5 Å². The van der Waals surface area contributed by atoms with Crippen LogP contribution in [0.5, 0.6) is 0 Å². The van der Waals surface area contributed by atoms with Gasteiger partial charge in [0.15, 0.2) is 0 Å². The van der Waals surface area contributed by atoms with E-state index in [4.69, 9.17) is 4.98 Å². The highest BCUT2D eigenvalue weighted by molar-refractivity contribution is 5.83. The number of benzene rings is 2. The quantitative estimate of drug-likeness (QED) is 0.439. The lowest BCUT2D eigenvalue weighted by Crippen LogP contribution is -2.05. The standard InChI is InChI=1S/C24H25FN4/c1-13(2)23-18-8-6-16(10-20(18)26-15(5)27-23)11-22-28-21-12-17(25)7-9-19(21)24(29-22)14(3)4/h6-10,12-14H,11H2,1-5H3. The van der Waals surface area contributed by atoms with Gasteiger partial charge >= 0.3 is 0 Å². The monoisotopic (exact) mass is 388 g/mol. The van der Waals surface area contributed by atoms with E-state index in [2.05, 4.69) is 60.8 Å². The number of rotatable bonds is 4. The Balaban J connectivity index is 1.79. The summed E-state index contributed by atoms with van der Waals surface area (Å²) >= 11 is 0. The van der Waals surface area contributed by atoms with Gasteiger partial charge in [-0.25, -0.2) is 24.3 Å². The zero-order valence-electron chi connectivity index (χ0n) is 17.5. The van der Waals surface area contributed by atoms with Crippen molar-refractivity contribution in [2.75, 3.05) is 0 Å². The topological polar surface area (TPSA) is 51.6 Å². The molecule has 29 heavy (non-hydrogen) atoms. The van der Waals surface area contributed by atoms with E-state index < -0.39 is 0 Å². The molecule has 0 spiro atoms. The average molecular weight is 388 g/mol. The van der Waals surface area contributed by atoms with Crippen LogP contribution in [0.2, 0.25) is 0 Å². The number of fused-ring (bicyclic) bond motifs is 2. The maximum absolute atomic E-state index is 13.8. The molecular weight excluding hydrogens is 363 g/mol. The van der Waals surface area contributed by atoms with Crippen molar-refractivity contribution in [3.63, 3.8) is 0 Å². The molecule has 0 bridgehead atoms. The lowest BCUT2D eigenvalue weighted by molar-refractivity contribution is 0.629. The molecule has 0 amide bonds. The molecule has 0 saturated heterocycles. The summed E-state index contributed by atoms with van der Waals surface area (Å²) in [5.41, 5.74) is 4.69. The second-order valence-electron chi connectivity index (χ2n) is 8.18. The van der Waals surface area contributed by atoms with Crippen molar-refractivity contribution in [2.45, 2.75) is 52.9 Å². The highest BCUT2D eigenvalue weighted by atomic mass is 19.1. The molecule has 0 N–H and O–H groups in total. The van der Waals surface area contributed by atoms with Crippen molar-refractivity contribution in [3.05, 3.63) is 70.8 Å². The zero-order chi connectivity index (χ0) is 20.7. The number of halogens is 1. The van der Waals surface area contributed by atoms with Crippen molar-refractivity contribution >= 4 is 21.8 Å². The summed E-state index contributed by atoms with van der Waals surface area (Å²) in [6.45, 7) is 10.4. The summed E-state index contributed by atoms with van der Waals surface area (Å²) in [7, 11) is 0. The lowest BCUT2D eigenvalue weighted by atomic mass is 10.0. The Hall–Kier alpha value is -2.95. The minimum Gasteiger partial charge on any atom is -0.237 e. The van der Waals surface area contributed by atoms with Crippen molar-refractivity contribution in [1.82, 2.24) is 19.9 Å².